The zero-order chi connectivity index (χ0) is 15.0. The second-order valence-corrected chi connectivity index (χ2v) is 4.34. The van der Waals surface area contributed by atoms with Crippen LogP contribution in [0.1, 0.15) is 22.3 Å². The quantitative estimate of drug-likeness (QED) is 0.452. The first-order chi connectivity index (χ1) is 9.18. The average Bonchev–Trinajstić information content (AvgIpc) is 2.79. The van der Waals surface area contributed by atoms with Crippen LogP contribution in [0.5, 0.6) is 0 Å². The smallest absolute Gasteiger partial charge is 0.213 e. The molecule has 0 atom stereocenters. The van der Waals surface area contributed by atoms with Crippen molar-refractivity contribution in [2.75, 3.05) is 0 Å². The minimum absolute atomic E-state index is 0. The first-order valence-electron chi connectivity index (χ1n) is 5.66. The van der Waals surface area contributed by atoms with Crippen LogP contribution in [-0.2, 0) is 18.8 Å². The summed E-state index contributed by atoms with van der Waals surface area (Å²) in [5, 5.41) is 0. The van der Waals surface area contributed by atoms with Crippen molar-refractivity contribution in [3.63, 3.8) is 0 Å². The summed E-state index contributed by atoms with van der Waals surface area (Å²) in [5.41, 5.74) is -2.09. The average molecular weight is 298 g/mol. The molecule has 0 aliphatic rings. The summed E-state index contributed by atoms with van der Waals surface area (Å²) in [6.45, 7) is 0. The maximum absolute atomic E-state index is 12.9. The predicted octanol–water partition coefficient (Wildman–Crippen LogP) is 2.04. The molecule has 0 heterocycles. The molecule has 2 aromatic carbocycles. The summed E-state index contributed by atoms with van der Waals surface area (Å²) >= 11 is 0. The van der Waals surface area contributed by atoms with E-state index in [1.807, 2.05) is 0 Å². The third-order valence-corrected chi connectivity index (χ3v) is 2.87. The molecule has 0 aliphatic carbocycles. The van der Waals surface area contributed by atoms with Gasteiger partial charge in [0.2, 0.25) is 0 Å². The van der Waals surface area contributed by atoms with E-state index >= 15 is 0 Å². The van der Waals surface area contributed by atoms with Crippen LogP contribution in [0, 0.1) is 0 Å². The van der Waals surface area contributed by atoms with Crippen molar-refractivity contribution in [1.82, 2.24) is 0 Å². The predicted molar refractivity (Wildman–Crippen MR) is 61.3 cm³/mol. The molecule has 0 unspecified atom stereocenters. The van der Waals surface area contributed by atoms with Crippen molar-refractivity contribution >= 4 is 0 Å². The van der Waals surface area contributed by atoms with E-state index < -0.39 is 23.5 Å². The number of halogens is 6. The Morgan fingerprint density at radius 2 is 1.43 bits per heavy atom. The van der Waals surface area contributed by atoms with Crippen molar-refractivity contribution in [1.29, 1.82) is 0 Å². The summed E-state index contributed by atoms with van der Waals surface area (Å²) in [5.74, 6) is 0. The summed E-state index contributed by atoms with van der Waals surface area (Å²) in [4.78, 5) is 0. The molecule has 0 saturated carbocycles. The summed E-state index contributed by atoms with van der Waals surface area (Å²) in [6.07, 6.45) is -9.66. The Morgan fingerprint density at radius 3 is 1.90 bits per heavy atom. The van der Waals surface area contributed by atoms with E-state index in [9.17, 15) is 26.3 Å². The van der Waals surface area contributed by atoms with Gasteiger partial charge in [-0.3, -0.25) is 0 Å². The van der Waals surface area contributed by atoms with Gasteiger partial charge in [0.1, 0.15) is 0 Å². The molecule has 0 aromatic heterocycles. The third-order valence-electron chi connectivity index (χ3n) is 2.87. The van der Waals surface area contributed by atoms with Crippen LogP contribution < -0.4 is 18.9 Å². The first-order valence-corrected chi connectivity index (χ1v) is 5.66. The maximum Gasteiger partial charge on any atom is 1.00 e. The van der Waals surface area contributed by atoms with Crippen LogP contribution in [0.15, 0.2) is 42.5 Å². The molecule has 0 saturated heterocycles. The summed E-state index contributed by atoms with van der Waals surface area (Å²) in [7, 11) is 0. The molecular formula is C14H9F6Li. The number of hydrogen-bond donors (Lipinski definition) is 0. The van der Waals surface area contributed by atoms with Gasteiger partial charge in [-0.1, -0.05) is 6.07 Å². The van der Waals surface area contributed by atoms with E-state index in [2.05, 4.69) is 0 Å². The first kappa shape index (κ1) is 17.8. The fourth-order valence-corrected chi connectivity index (χ4v) is 1.92. The van der Waals surface area contributed by atoms with Gasteiger partial charge in [0.25, 0.3) is 0 Å². The van der Waals surface area contributed by atoms with Crippen LogP contribution in [0.4, 0.5) is 26.3 Å². The van der Waals surface area contributed by atoms with E-state index in [4.69, 9.17) is 0 Å². The van der Waals surface area contributed by atoms with Gasteiger partial charge in [-0.05, 0) is 24.1 Å². The van der Waals surface area contributed by atoms with Gasteiger partial charge < -0.3 is 0 Å². The van der Waals surface area contributed by atoms with E-state index in [0.717, 1.165) is 6.07 Å². The molecule has 7 heteroatoms. The molecule has 2 rings (SSSR count). The van der Waals surface area contributed by atoms with E-state index in [0.29, 0.717) is 11.6 Å². The van der Waals surface area contributed by atoms with Crippen molar-refractivity contribution in [3.8, 4) is 0 Å². The summed E-state index contributed by atoms with van der Waals surface area (Å²) in [6, 6.07) is 8.29. The molecule has 0 radical (unpaired) electrons. The molecule has 108 valence electrons. The summed E-state index contributed by atoms with van der Waals surface area (Å²) < 4.78 is 76.1. The second-order valence-electron chi connectivity index (χ2n) is 4.34. The minimum Gasteiger partial charge on any atom is -0.213 e. The number of alkyl halides is 6. The second kappa shape index (κ2) is 6.25. The minimum atomic E-state index is -4.82. The monoisotopic (exact) mass is 298 g/mol. The Hall–Kier alpha value is -1.25. The number of hydrogen-bond acceptors (Lipinski definition) is 0. The molecule has 0 nitrogen and oxygen atoms in total. The third kappa shape index (κ3) is 4.36. The van der Waals surface area contributed by atoms with Crippen molar-refractivity contribution in [2.24, 2.45) is 0 Å². The van der Waals surface area contributed by atoms with Crippen LogP contribution in [0.2, 0.25) is 0 Å². The molecule has 0 bridgehead atoms. The molecule has 0 spiro atoms. The van der Waals surface area contributed by atoms with Crippen LogP contribution in [0.25, 0.3) is 0 Å². The van der Waals surface area contributed by atoms with E-state index in [1.165, 1.54) is 0 Å². The van der Waals surface area contributed by atoms with Gasteiger partial charge in [-0.2, -0.15) is 44.0 Å². The molecule has 2 aromatic rings. The zero-order valence-electron chi connectivity index (χ0n) is 11.0. The van der Waals surface area contributed by atoms with Crippen LogP contribution in [-0.4, -0.2) is 0 Å². The van der Waals surface area contributed by atoms with Crippen molar-refractivity contribution < 1.29 is 45.2 Å². The Balaban J connectivity index is 0.00000220. The standard InChI is InChI=1S/C14H9F6.Li/c15-13(16,17)11-6-5-10(7-9-3-1-2-4-9)12(8-11)14(18,19)20;/h1-6,8H,7H2;/q-1;+1. The van der Waals surface area contributed by atoms with Crippen molar-refractivity contribution in [3.05, 3.63) is 64.7 Å². The molecule has 0 N–H and O–H groups in total. The molecule has 0 fully saturated rings. The SMILES string of the molecule is FC(F)(F)c1ccc(C[c-]2cccc2)c(C(F)(F)F)c1.[Li+]. The molecule has 21 heavy (non-hydrogen) atoms. The van der Waals surface area contributed by atoms with Gasteiger partial charge in [0.05, 0.1) is 11.1 Å². The van der Waals surface area contributed by atoms with E-state index in [-0.39, 0.29) is 36.9 Å². The van der Waals surface area contributed by atoms with Gasteiger partial charge >= 0.3 is 31.2 Å². The van der Waals surface area contributed by atoms with Gasteiger partial charge in [0.15, 0.2) is 0 Å². The number of rotatable bonds is 2. The fraction of sp³-hybridized carbons (Fsp3) is 0.214. The van der Waals surface area contributed by atoms with Gasteiger partial charge in [0, 0.05) is 0 Å². The number of benzene rings is 1. The zero-order valence-corrected chi connectivity index (χ0v) is 11.0. The maximum atomic E-state index is 12.9. The Morgan fingerprint density at radius 1 is 0.857 bits per heavy atom. The Bertz CT molecular complexity index is 580. The van der Waals surface area contributed by atoms with Crippen LogP contribution >= 0.6 is 0 Å². The Labute approximate surface area is 129 Å². The topological polar surface area (TPSA) is 0 Å². The van der Waals surface area contributed by atoms with E-state index in [1.54, 1.807) is 24.3 Å². The van der Waals surface area contributed by atoms with Gasteiger partial charge in [-0.25, -0.2) is 12.1 Å². The molecular weight excluding hydrogens is 289 g/mol. The van der Waals surface area contributed by atoms with Gasteiger partial charge in [-0.15, -0.1) is 0 Å². The van der Waals surface area contributed by atoms with Crippen LogP contribution in [0.3, 0.4) is 0 Å². The molecule has 0 aliphatic heterocycles. The molecule has 0 amide bonds. The fourth-order valence-electron chi connectivity index (χ4n) is 1.92. The largest absolute Gasteiger partial charge is 1.00 e. The van der Waals surface area contributed by atoms with Crippen molar-refractivity contribution in [2.45, 2.75) is 18.8 Å². The Kier molecular flexibility index (Phi) is 5.29. The normalized spacial score (nSPS) is 12.1.